The van der Waals surface area contributed by atoms with Crippen molar-refractivity contribution in [2.75, 3.05) is 6.61 Å². The number of ether oxygens (including phenoxy) is 1. The molecule has 6 heteroatoms. The third kappa shape index (κ3) is 3.52. The monoisotopic (exact) mass is 347 g/mol. The molecule has 0 radical (unpaired) electrons. The van der Waals surface area contributed by atoms with Crippen LogP contribution in [0.4, 0.5) is 13.2 Å². The average Bonchev–Trinajstić information content (AvgIpc) is 2.98. The lowest BCUT2D eigenvalue weighted by atomic mass is 10.0. The van der Waals surface area contributed by atoms with Crippen LogP contribution in [-0.2, 0) is 6.42 Å². The quantitative estimate of drug-likeness (QED) is 0.651. The predicted molar refractivity (Wildman–Crippen MR) is 88.4 cm³/mol. The van der Waals surface area contributed by atoms with Gasteiger partial charge in [0.05, 0.1) is 6.61 Å². The molecule has 0 saturated heterocycles. The number of rotatable bonds is 6. The van der Waals surface area contributed by atoms with E-state index in [2.05, 4.69) is 4.98 Å². The van der Waals surface area contributed by atoms with Gasteiger partial charge in [0, 0.05) is 46.8 Å². The van der Waals surface area contributed by atoms with Crippen LogP contribution in [0.3, 0.4) is 0 Å². The molecule has 1 N–H and O–H groups in total. The minimum Gasteiger partial charge on any atom is -0.493 e. The standard InChI is InChI=1S/C19H16F3NO2/c1-2-5-25-19-7-12(20)4-3-11(19)6-18(24)14-10-23-17-9-16(22)15(21)8-13(14)17/h3-4,7-10,23H,2,5-6H2,1H3. The van der Waals surface area contributed by atoms with Crippen LogP contribution in [0.5, 0.6) is 5.75 Å². The summed E-state index contributed by atoms with van der Waals surface area (Å²) >= 11 is 0. The second kappa shape index (κ2) is 7.01. The fourth-order valence-corrected chi connectivity index (χ4v) is 2.64. The van der Waals surface area contributed by atoms with E-state index in [1.165, 1.54) is 24.4 Å². The number of aromatic nitrogens is 1. The zero-order chi connectivity index (χ0) is 18.0. The van der Waals surface area contributed by atoms with Crippen LogP contribution in [0.15, 0.2) is 36.5 Å². The van der Waals surface area contributed by atoms with Gasteiger partial charge in [0.15, 0.2) is 17.4 Å². The first-order valence-corrected chi connectivity index (χ1v) is 7.90. The highest BCUT2D eigenvalue weighted by Crippen LogP contribution is 2.26. The summed E-state index contributed by atoms with van der Waals surface area (Å²) < 4.78 is 45.7. The molecule has 3 nitrogen and oxygen atoms in total. The van der Waals surface area contributed by atoms with E-state index in [1.807, 2.05) is 6.92 Å². The second-order valence-corrected chi connectivity index (χ2v) is 5.71. The molecule has 0 amide bonds. The van der Waals surface area contributed by atoms with Gasteiger partial charge in [0.1, 0.15) is 11.6 Å². The maximum atomic E-state index is 13.5. The smallest absolute Gasteiger partial charge is 0.169 e. The largest absolute Gasteiger partial charge is 0.493 e. The molecule has 2 aromatic carbocycles. The van der Waals surface area contributed by atoms with Crippen molar-refractivity contribution in [2.24, 2.45) is 0 Å². The number of halogens is 3. The van der Waals surface area contributed by atoms with E-state index in [0.717, 1.165) is 18.6 Å². The molecule has 0 atom stereocenters. The molecule has 130 valence electrons. The highest BCUT2D eigenvalue weighted by molar-refractivity contribution is 6.08. The molecular weight excluding hydrogens is 331 g/mol. The Kier molecular flexibility index (Phi) is 4.79. The number of fused-ring (bicyclic) bond motifs is 1. The summed E-state index contributed by atoms with van der Waals surface area (Å²) in [5.74, 6) is -2.44. The van der Waals surface area contributed by atoms with E-state index in [0.29, 0.717) is 28.8 Å². The van der Waals surface area contributed by atoms with Crippen LogP contribution >= 0.6 is 0 Å². The van der Waals surface area contributed by atoms with E-state index in [1.54, 1.807) is 0 Å². The minimum atomic E-state index is -1.02. The van der Waals surface area contributed by atoms with Crippen LogP contribution in [-0.4, -0.2) is 17.4 Å². The zero-order valence-corrected chi connectivity index (χ0v) is 13.5. The first-order chi connectivity index (χ1) is 12.0. The normalized spacial score (nSPS) is 11.0. The van der Waals surface area contributed by atoms with Gasteiger partial charge in [-0.1, -0.05) is 13.0 Å². The van der Waals surface area contributed by atoms with Crippen molar-refractivity contribution in [1.29, 1.82) is 0 Å². The van der Waals surface area contributed by atoms with Gasteiger partial charge in [-0.15, -0.1) is 0 Å². The SMILES string of the molecule is CCCOc1cc(F)ccc1CC(=O)c1c[nH]c2cc(F)c(F)cc12. The number of aromatic amines is 1. The summed E-state index contributed by atoms with van der Waals surface area (Å²) in [4.78, 5) is 15.4. The molecular formula is C19H16F3NO2. The van der Waals surface area contributed by atoms with E-state index >= 15 is 0 Å². The maximum Gasteiger partial charge on any atom is 0.169 e. The topological polar surface area (TPSA) is 42.1 Å². The Morgan fingerprint density at radius 1 is 1.12 bits per heavy atom. The van der Waals surface area contributed by atoms with Gasteiger partial charge in [-0.05, 0) is 18.6 Å². The molecule has 0 aliphatic heterocycles. The lowest BCUT2D eigenvalue weighted by Crippen LogP contribution is -2.06. The predicted octanol–water partition coefficient (Wildman–Crippen LogP) is 4.80. The van der Waals surface area contributed by atoms with E-state index in [9.17, 15) is 18.0 Å². The van der Waals surface area contributed by atoms with E-state index in [4.69, 9.17) is 4.74 Å². The number of nitrogens with one attached hydrogen (secondary N) is 1. The Labute approximate surface area is 142 Å². The van der Waals surface area contributed by atoms with Gasteiger partial charge >= 0.3 is 0 Å². The number of hydrogen-bond donors (Lipinski definition) is 1. The number of carbonyl (C=O) groups excluding carboxylic acids is 1. The zero-order valence-electron chi connectivity index (χ0n) is 13.5. The van der Waals surface area contributed by atoms with Crippen molar-refractivity contribution in [3.05, 3.63) is 65.1 Å². The van der Waals surface area contributed by atoms with Crippen molar-refractivity contribution in [1.82, 2.24) is 4.98 Å². The molecule has 0 aliphatic rings. The van der Waals surface area contributed by atoms with Gasteiger partial charge in [0.2, 0.25) is 0 Å². The summed E-state index contributed by atoms with van der Waals surface area (Å²) in [5.41, 5.74) is 1.13. The van der Waals surface area contributed by atoms with Crippen molar-refractivity contribution in [3.63, 3.8) is 0 Å². The highest BCUT2D eigenvalue weighted by atomic mass is 19.2. The summed E-state index contributed by atoms with van der Waals surface area (Å²) in [5, 5.41) is 0.307. The number of ketones is 1. The fraction of sp³-hybridized carbons (Fsp3) is 0.211. The number of H-pyrrole nitrogens is 1. The van der Waals surface area contributed by atoms with Crippen LogP contribution in [0.2, 0.25) is 0 Å². The van der Waals surface area contributed by atoms with Crippen molar-refractivity contribution in [3.8, 4) is 5.75 Å². The molecule has 0 saturated carbocycles. The van der Waals surface area contributed by atoms with Crippen molar-refractivity contribution >= 4 is 16.7 Å². The Bertz CT molecular complexity index is 934. The minimum absolute atomic E-state index is 0.0364. The van der Waals surface area contributed by atoms with E-state index in [-0.39, 0.29) is 17.8 Å². The third-order valence-corrected chi connectivity index (χ3v) is 3.86. The molecule has 0 bridgehead atoms. The Hall–Kier alpha value is -2.76. The molecule has 0 fully saturated rings. The van der Waals surface area contributed by atoms with Gasteiger partial charge < -0.3 is 9.72 Å². The number of benzene rings is 2. The number of carbonyl (C=O) groups is 1. The summed E-state index contributed by atoms with van der Waals surface area (Å²) in [7, 11) is 0. The molecule has 1 heterocycles. The van der Waals surface area contributed by atoms with Crippen LogP contribution in [0, 0.1) is 17.5 Å². The molecule has 1 aromatic heterocycles. The van der Waals surface area contributed by atoms with Crippen LogP contribution in [0.1, 0.15) is 29.3 Å². The molecule has 0 unspecified atom stereocenters. The lowest BCUT2D eigenvalue weighted by Gasteiger charge is -2.10. The first-order valence-electron chi connectivity index (χ1n) is 7.90. The Balaban J connectivity index is 1.91. The average molecular weight is 347 g/mol. The van der Waals surface area contributed by atoms with Gasteiger partial charge in [-0.2, -0.15) is 0 Å². The Morgan fingerprint density at radius 3 is 2.64 bits per heavy atom. The number of Topliss-reactive ketones (excluding diaryl/α,β-unsaturated/α-hetero) is 1. The van der Waals surface area contributed by atoms with Crippen molar-refractivity contribution < 1.29 is 22.7 Å². The third-order valence-electron chi connectivity index (χ3n) is 3.86. The first kappa shape index (κ1) is 17.1. The molecule has 0 spiro atoms. The lowest BCUT2D eigenvalue weighted by molar-refractivity contribution is 0.0993. The molecule has 3 rings (SSSR count). The molecule has 0 aliphatic carbocycles. The van der Waals surface area contributed by atoms with Crippen LogP contribution in [0.25, 0.3) is 10.9 Å². The molecule has 3 aromatic rings. The Morgan fingerprint density at radius 2 is 1.88 bits per heavy atom. The van der Waals surface area contributed by atoms with Gasteiger partial charge in [-0.25, -0.2) is 13.2 Å². The highest BCUT2D eigenvalue weighted by Gasteiger charge is 2.17. The fourth-order valence-electron chi connectivity index (χ4n) is 2.64. The van der Waals surface area contributed by atoms with Crippen molar-refractivity contribution in [2.45, 2.75) is 19.8 Å². The van der Waals surface area contributed by atoms with Crippen LogP contribution < -0.4 is 4.74 Å². The number of hydrogen-bond acceptors (Lipinski definition) is 2. The maximum absolute atomic E-state index is 13.5. The van der Waals surface area contributed by atoms with Gasteiger partial charge in [-0.3, -0.25) is 4.79 Å². The summed E-state index contributed by atoms with van der Waals surface area (Å²) in [6.07, 6.45) is 2.13. The summed E-state index contributed by atoms with van der Waals surface area (Å²) in [6.45, 7) is 2.33. The van der Waals surface area contributed by atoms with Gasteiger partial charge in [0.25, 0.3) is 0 Å². The molecule has 25 heavy (non-hydrogen) atoms. The second-order valence-electron chi connectivity index (χ2n) is 5.71. The van der Waals surface area contributed by atoms with E-state index < -0.39 is 17.5 Å². The summed E-state index contributed by atoms with van der Waals surface area (Å²) in [6, 6.07) is 5.99.